The molecule has 0 atom stereocenters. The van der Waals surface area contributed by atoms with Crippen LogP contribution in [0, 0.1) is 0 Å². The number of aliphatic hydroxyl groups excluding tert-OH is 1. The van der Waals surface area contributed by atoms with Crippen LogP contribution in [0.15, 0.2) is 0 Å². The van der Waals surface area contributed by atoms with E-state index in [0.29, 0.717) is 19.0 Å². The molecule has 0 saturated heterocycles. The normalized spacial score (nSPS) is 17.7. The predicted molar refractivity (Wildman–Crippen MR) is 60.6 cm³/mol. The van der Waals surface area contributed by atoms with Gasteiger partial charge in [0.1, 0.15) is 0 Å². The summed E-state index contributed by atoms with van der Waals surface area (Å²) in [4.78, 5) is 13.8. The van der Waals surface area contributed by atoms with Crippen molar-refractivity contribution in [3.05, 3.63) is 0 Å². The third-order valence-corrected chi connectivity index (χ3v) is 3.14. The quantitative estimate of drug-likeness (QED) is 0.758. The average molecular weight is 213 g/mol. The molecule has 1 rings (SSSR count). The number of carbonyl (C=O) groups is 1. The van der Waals surface area contributed by atoms with E-state index in [1.807, 2.05) is 11.8 Å². The number of amides is 1. The van der Waals surface area contributed by atoms with Gasteiger partial charge in [0.05, 0.1) is 6.61 Å². The number of carbonyl (C=O) groups excluding carboxylic acids is 1. The van der Waals surface area contributed by atoms with E-state index in [2.05, 4.69) is 0 Å². The van der Waals surface area contributed by atoms with Crippen molar-refractivity contribution in [2.75, 3.05) is 13.2 Å². The van der Waals surface area contributed by atoms with Crippen molar-refractivity contribution in [2.45, 2.75) is 57.9 Å². The summed E-state index contributed by atoms with van der Waals surface area (Å²) in [7, 11) is 0. The zero-order valence-electron chi connectivity index (χ0n) is 9.74. The van der Waals surface area contributed by atoms with Gasteiger partial charge in [-0.3, -0.25) is 4.79 Å². The fourth-order valence-corrected chi connectivity index (χ4v) is 2.37. The van der Waals surface area contributed by atoms with Crippen LogP contribution in [0.1, 0.15) is 51.9 Å². The highest BCUT2D eigenvalue weighted by Gasteiger charge is 2.23. The molecule has 15 heavy (non-hydrogen) atoms. The first-order valence-electron chi connectivity index (χ1n) is 6.20. The molecule has 1 aliphatic rings. The lowest BCUT2D eigenvalue weighted by molar-refractivity contribution is -0.134. The number of rotatable bonds is 5. The van der Waals surface area contributed by atoms with Crippen LogP contribution in [0.3, 0.4) is 0 Å². The molecule has 0 heterocycles. The van der Waals surface area contributed by atoms with E-state index in [1.54, 1.807) is 0 Å². The van der Waals surface area contributed by atoms with Crippen LogP contribution in [0.5, 0.6) is 0 Å². The first kappa shape index (κ1) is 12.5. The molecule has 1 amide bonds. The van der Waals surface area contributed by atoms with E-state index >= 15 is 0 Å². The van der Waals surface area contributed by atoms with Crippen molar-refractivity contribution >= 4 is 5.91 Å². The predicted octanol–water partition coefficient (Wildman–Crippen LogP) is 1.94. The molecule has 88 valence electrons. The van der Waals surface area contributed by atoms with Crippen LogP contribution < -0.4 is 0 Å². The lowest BCUT2D eigenvalue weighted by Gasteiger charge is -2.34. The van der Waals surface area contributed by atoms with E-state index in [-0.39, 0.29) is 12.5 Å². The SMILES string of the molecule is CCCC(=O)N(CCO)C1CCCCC1. The fraction of sp³-hybridized carbons (Fsp3) is 0.917. The second kappa shape index (κ2) is 6.83. The Balaban J connectivity index is 2.50. The molecule has 1 fully saturated rings. The van der Waals surface area contributed by atoms with E-state index < -0.39 is 0 Å². The molecular formula is C12H23NO2. The molecule has 0 aliphatic heterocycles. The highest BCUT2D eigenvalue weighted by Crippen LogP contribution is 2.23. The summed E-state index contributed by atoms with van der Waals surface area (Å²) in [5, 5.41) is 8.99. The maximum absolute atomic E-state index is 11.8. The molecule has 0 unspecified atom stereocenters. The third-order valence-electron chi connectivity index (χ3n) is 3.14. The van der Waals surface area contributed by atoms with Crippen molar-refractivity contribution in [1.29, 1.82) is 0 Å². The van der Waals surface area contributed by atoms with Crippen molar-refractivity contribution in [1.82, 2.24) is 4.90 Å². The number of hydrogen-bond acceptors (Lipinski definition) is 2. The Kier molecular flexibility index (Phi) is 5.69. The van der Waals surface area contributed by atoms with Gasteiger partial charge in [-0.2, -0.15) is 0 Å². The summed E-state index contributed by atoms with van der Waals surface area (Å²) in [5.74, 6) is 0.221. The monoisotopic (exact) mass is 213 g/mol. The van der Waals surface area contributed by atoms with Crippen LogP contribution in [-0.4, -0.2) is 35.1 Å². The van der Waals surface area contributed by atoms with Crippen molar-refractivity contribution in [2.24, 2.45) is 0 Å². The van der Waals surface area contributed by atoms with E-state index in [4.69, 9.17) is 5.11 Å². The largest absolute Gasteiger partial charge is 0.395 e. The summed E-state index contributed by atoms with van der Waals surface area (Å²) >= 11 is 0. The van der Waals surface area contributed by atoms with Gasteiger partial charge in [-0.15, -0.1) is 0 Å². The zero-order valence-corrected chi connectivity index (χ0v) is 9.74. The highest BCUT2D eigenvalue weighted by molar-refractivity contribution is 5.76. The summed E-state index contributed by atoms with van der Waals surface area (Å²) < 4.78 is 0. The lowest BCUT2D eigenvalue weighted by Crippen LogP contribution is -2.42. The Morgan fingerprint density at radius 2 is 2.00 bits per heavy atom. The average Bonchev–Trinajstić information content (AvgIpc) is 2.27. The van der Waals surface area contributed by atoms with Gasteiger partial charge in [0.2, 0.25) is 5.91 Å². The van der Waals surface area contributed by atoms with E-state index in [9.17, 15) is 4.79 Å². The molecule has 1 saturated carbocycles. The van der Waals surface area contributed by atoms with Crippen LogP contribution in [0.4, 0.5) is 0 Å². The standard InChI is InChI=1S/C12H23NO2/c1-2-6-12(15)13(9-10-14)11-7-4-3-5-8-11/h11,14H,2-10H2,1H3. The number of nitrogens with zero attached hydrogens (tertiary/aromatic N) is 1. The van der Waals surface area contributed by atoms with Gasteiger partial charge in [0, 0.05) is 19.0 Å². The third kappa shape index (κ3) is 3.82. The van der Waals surface area contributed by atoms with Crippen LogP contribution in [0.2, 0.25) is 0 Å². The van der Waals surface area contributed by atoms with Gasteiger partial charge in [-0.05, 0) is 19.3 Å². The van der Waals surface area contributed by atoms with Gasteiger partial charge in [0.15, 0.2) is 0 Å². The van der Waals surface area contributed by atoms with E-state index in [0.717, 1.165) is 19.3 Å². The van der Waals surface area contributed by atoms with Gasteiger partial charge in [-0.1, -0.05) is 26.2 Å². The molecule has 0 radical (unpaired) electrons. The molecule has 0 aromatic rings. The summed E-state index contributed by atoms with van der Waals surface area (Å²) in [5.41, 5.74) is 0. The van der Waals surface area contributed by atoms with Gasteiger partial charge in [0.25, 0.3) is 0 Å². The molecule has 0 spiro atoms. The minimum absolute atomic E-state index is 0.0892. The van der Waals surface area contributed by atoms with Crippen molar-refractivity contribution in [3.8, 4) is 0 Å². The van der Waals surface area contributed by atoms with Gasteiger partial charge < -0.3 is 10.0 Å². The molecule has 0 aromatic carbocycles. The first-order valence-corrected chi connectivity index (χ1v) is 6.20. The number of aliphatic hydroxyl groups is 1. The second-order valence-electron chi connectivity index (χ2n) is 4.35. The Morgan fingerprint density at radius 1 is 1.33 bits per heavy atom. The molecule has 3 heteroatoms. The maximum atomic E-state index is 11.8. The Hall–Kier alpha value is -0.570. The second-order valence-corrected chi connectivity index (χ2v) is 4.35. The van der Waals surface area contributed by atoms with E-state index in [1.165, 1.54) is 19.3 Å². The summed E-state index contributed by atoms with van der Waals surface area (Å²) in [6, 6.07) is 0.393. The number of hydrogen-bond donors (Lipinski definition) is 1. The van der Waals surface area contributed by atoms with Gasteiger partial charge in [-0.25, -0.2) is 0 Å². The van der Waals surface area contributed by atoms with Crippen molar-refractivity contribution < 1.29 is 9.90 Å². The Labute approximate surface area is 92.5 Å². The molecule has 0 aromatic heterocycles. The zero-order chi connectivity index (χ0) is 11.1. The Bertz CT molecular complexity index is 188. The lowest BCUT2D eigenvalue weighted by atomic mass is 9.94. The summed E-state index contributed by atoms with van der Waals surface area (Å²) in [6.45, 7) is 2.63. The van der Waals surface area contributed by atoms with Crippen molar-refractivity contribution in [3.63, 3.8) is 0 Å². The topological polar surface area (TPSA) is 40.5 Å². The molecule has 3 nitrogen and oxygen atoms in total. The van der Waals surface area contributed by atoms with Crippen LogP contribution >= 0.6 is 0 Å². The first-order chi connectivity index (χ1) is 7.29. The Morgan fingerprint density at radius 3 is 2.53 bits per heavy atom. The molecule has 0 bridgehead atoms. The smallest absolute Gasteiger partial charge is 0.222 e. The van der Waals surface area contributed by atoms with Gasteiger partial charge >= 0.3 is 0 Å². The minimum Gasteiger partial charge on any atom is -0.395 e. The minimum atomic E-state index is 0.0892. The summed E-state index contributed by atoms with van der Waals surface area (Å²) in [6.07, 6.45) is 7.51. The molecule has 1 N–H and O–H groups in total. The highest BCUT2D eigenvalue weighted by atomic mass is 16.3. The van der Waals surface area contributed by atoms with Crippen LogP contribution in [0.25, 0.3) is 0 Å². The molecule has 1 aliphatic carbocycles. The van der Waals surface area contributed by atoms with Crippen LogP contribution in [-0.2, 0) is 4.79 Å². The fourth-order valence-electron chi connectivity index (χ4n) is 2.37. The molecular weight excluding hydrogens is 190 g/mol. The maximum Gasteiger partial charge on any atom is 0.222 e.